The van der Waals surface area contributed by atoms with Crippen LogP contribution in [-0.4, -0.2) is 29.1 Å². The molecular weight excluding hydrogens is 226 g/mol. The third-order valence-electron chi connectivity index (χ3n) is 3.91. The number of carboxylic acid groups (broad SMARTS) is 1. The first kappa shape index (κ1) is 13.1. The molecule has 0 unspecified atom stereocenters. The second kappa shape index (κ2) is 6.01. The average molecular weight is 247 g/mol. The van der Waals surface area contributed by atoms with E-state index in [0.717, 1.165) is 18.4 Å². The molecule has 1 aromatic rings. The van der Waals surface area contributed by atoms with E-state index >= 15 is 0 Å². The zero-order valence-electron chi connectivity index (χ0n) is 10.9. The van der Waals surface area contributed by atoms with Crippen LogP contribution in [0.15, 0.2) is 30.3 Å². The van der Waals surface area contributed by atoms with Crippen molar-refractivity contribution in [3.05, 3.63) is 35.9 Å². The first-order valence-corrected chi connectivity index (χ1v) is 6.70. The molecule has 1 aliphatic rings. The van der Waals surface area contributed by atoms with E-state index in [4.69, 9.17) is 0 Å². The van der Waals surface area contributed by atoms with Crippen molar-refractivity contribution in [3.8, 4) is 0 Å². The van der Waals surface area contributed by atoms with Gasteiger partial charge in [-0.05, 0) is 25.5 Å². The molecule has 1 aromatic carbocycles. The van der Waals surface area contributed by atoms with Crippen LogP contribution in [0, 0.1) is 0 Å². The van der Waals surface area contributed by atoms with Crippen molar-refractivity contribution in [2.24, 2.45) is 0 Å². The fraction of sp³-hybridized carbons (Fsp3) is 0.533. The van der Waals surface area contributed by atoms with Crippen molar-refractivity contribution in [1.82, 2.24) is 4.90 Å². The van der Waals surface area contributed by atoms with Gasteiger partial charge in [-0.15, -0.1) is 0 Å². The van der Waals surface area contributed by atoms with Crippen molar-refractivity contribution < 1.29 is 9.90 Å². The van der Waals surface area contributed by atoms with Crippen LogP contribution in [0.3, 0.4) is 0 Å². The molecule has 3 nitrogen and oxygen atoms in total. The van der Waals surface area contributed by atoms with E-state index in [-0.39, 0.29) is 0 Å². The zero-order valence-corrected chi connectivity index (χ0v) is 10.9. The number of aliphatic carboxylic acids is 1. The number of hydrogen-bond donors (Lipinski definition) is 1. The van der Waals surface area contributed by atoms with Crippen LogP contribution in [0.5, 0.6) is 0 Å². The maximum atomic E-state index is 11.5. The monoisotopic (exact) mass is 247 g/mol. The van der Waals surface area contributed by atoms with Gasteiger partial charge >= 0.3 is 5.97 Å². The van der Waals surface area contributed by atoms with Crippen LogP contribution >= 0.6 is 0 Å². The zero-order chi connectivity index (χ0) is 13.0. The van der Waals surface area contributed by atoms with Gasteiger partial charge in [0.15, 0.2) is 0 Å². The lowest BCUT2D eigenvalue weighted by Crippen LogP contribution is -2.40. The molecule has 1 atom stereocenters. The molecule has 0 aliphatic heterocycles. The van der Waals surface area contributed by atoms with Gasteiger partial charge in [0.1, 0.15) is 6.04 Å². The summed E-state index contributed by atoms with van der Waals surface area (Å²) in [6.07, 6.45) is 5.96. The van der Waals surface area contributed by atoms with Crippen molar-refractivity contribution in [2.75, 3.05) is 7.05 Å². The molecule has 0 amide bonds. The van der Waals surface area contributed by atoms with Crippen molar-refractivity contribution in [2.45, 2.75) is 44.2 Å². The number of rotatable bonds is 4. The summed E-state index contributed by atoms with van der Waals surface area (Å²) >= 11 is 0. The van der Waals surface area contributed by atoms with E-state index < -0.39 is 12.0 Å². The molecule has 1 fully saturated rings. The van der Waals surface area contributed by atoms with E-state index in [1.165, 1.54) is 19.3 Å². The summed E-state index contributed by atoms with van der Waals surface area (Å²) in [6.45, 7) is 0. The molecule has 0 radical (unpaired) electrons. The lowest BCUT2D eigenvalue weighted by molar-refractivity contribution is -0.144. The largest absolute Gasteiger partial charge is 0.480 e. The van der Waals surface area contributed by atoms with E-state index in [1.807, 2.05) is 42.3 Å². The Kier molecular flexibility index (Phi) is 4.37. The second-order valence-corrected chi connectivity index (χ2v) is 5.11. The third kappa shape index (κ3) is 2.91. The fourth-order valence-corrected chi connectivity index (χ4v) is 2.89. The van der Waals surface area contributed by atoms with E-state index in [9.17, 15) is 9.90 Å². The highest BCUT2D eigenvalue weighted by Crippen LogP contribution is 2.29. The van der Waals surface area contributed by atoms with Gasteiger partial charge in [0.2, 0.25) is 0 Å². The lowest BCUT2D eigenvalue weighted by atomic mass is 9.92. The minimum absolute atomic E-state index is 0.403. The number of carbonyl (C=O) groups is 1. The third-order valence-corrected chi connectivity index (χ3v) is 3.91. The standard InChI is InChI=1S/C15H21NO2/c1-16(13-10-6-3-7-11-13)14(15(17)18)12-8-4-2-5-9-12/h2,4-5,8-9,13-14H,3,6-7,10-11H2,1H3,(H,17,18)/t14-/m0/s1. The topological polar surface area (TPSA) is 40.5 Å². The van der Waals surface area contributed by atoms with E-state index in [2.05, 4.69) is 0 Å². The highest BCUT2D eigenvalue weighted by Gasteiger charge is 2.30. The second-order valence-electron chi connectivity index (χ2n) is 5.11. The Morgan fingerprint density at radius 2 is 1.83 bits per heavy atom. The average Bonchev–Trinajstić information content (AvgIpc) is 2.40. The van der Waals surface area contributed by atoms with Crippen LogP contribution in [0.2, 0.25) is 0 Å². The molecule has 0 aromatic heterocycles. The molecule has 0 heterocycles. The highest BCUT2D eigenvalue weighted by molar-refractivity contribution is 5.75. The smallest absolute Gasteiger partial charge is 0.325 e. The Bertz CT molecular complexity index is 385. The van der Waals surface area contributed by atoms with E-state index in [1.54, 1.807) is 0 Å². The summed E-state index contributed by atoms with van der Waals surface area (Å²) in [6, 6.07) is 9.41. The van der Waals surface area contributed by atoms with Crippen LogP contribution in [-0.2, 0) is 4.79 Å². The highest BCUT2D eigenvalue weighted by atomic mass is 16.4. The molecule has 3 heteroatoms. The predicted octanol–water partition coefficient (Wildman–Crippen LogP) is 3.08. The Morgan fingerprint density at radius 1 is 1.22 bits per heavy atom. The summed E-state index contributed by atoms with van der Waals surface area (Å²) in [4.78, 5) is 13.6. The first-order valence-electron chi connectivity index (χ1n) is 6.70. The van der Waals surface area contributed by atoms with Crippen molar-refractivity contribution in [3.63, 3.8) is 0 Å². The minimum Gasteiger partial charge on any atom is -0.480 e. The van der Waals surface area contributed by atoms with Gasteiger partial charge in [-0.2, -0.15) is 0 Å². The number of benzene rings is 1. The SMILES string of the molecule is CN(C1CCCCC1)[C@H](C(=O)O)c1ccccc1. The normalized spacial score (nSPS) is 18.8. The molecule has 1 saturated carbocycles. The first-order chi connectivity index (χ1) is 8.70. The summed E-state index contributed by atoms with van der Waals surface area (Å²) in [5.41, 5.74) is 0.873. The number of hydrogen-bond acceptors (Lipinski definition) is 2. The quantitative estimate of drug-likeness (QED) is 0.889. The number of likely N-dealkylation sites (N-methyl/N-ethyl adjacent to an activating group) is 1. The van der Waals surface area contributed by atoms with Gasteiger partial charge in [-0.3, -0.25) is 9.69 Å². The van der Waals surface area contributed by atoms with Gasteiger partial charge in [-0.1, -0.05) is 49.6 Å². The summed E-state index contributed by atoms with van der Waals surface area (Å²) in [5, 5.41) is 9.49. The maximum absolute atomic E-state index is 11.5. The Balaban J connectivity index is 2.17. The Hall–Kier alpha value is -1.35. The molecular formula is C15H21NO2. The molecule has 2 rings (SSSR count). The molecule has 0 bridgehead atoms. The molecule has 0 saturated heterocycles. The van der Waals surface area contributed by atoms with Crippen LogP contribution in [0.4, 0.5) is 0 Å². The van der Waals surface area contributed by atoms with Crippen LogP contribution < -0.4 is 0 Å². The Morgan fingerprint density at radius 3 is 2.39 bits per heavy atom. The predicted molar refractivity (Wildman–Crippen MR) is 71.5 cm³/mol. The van der Waals surface area contributed by atoms with Gasteiger partial charge in [0, 0.05) is 6.04 Å². The summed E-state index contributed by atoms with van der Waals surface area (Å²) in [5.74, 6) is -0.755. The summed E-state index contributed by atoms with van der Waals surface area (Å²) < 4.78 is 0. The van der Waals surface area contributed by atoms with Crippen LogP contribution in [0.1, 0.15) is 43.7 Å². The van der Waals surface area contributed by atoms with E-state index in [0.29, 0.717) is 6.04 Å². The molecule has 98 valence electrons. The maximum Gasteiger partial charge on any atom is 0.325 e. The number of nitrogens with zero attached hydrogens (tertiary/aromatic N) is 1. The van der Waals surface area contributed by atoms with Gasteiger partial charge in [-0.25, -0.2) is 0 Å². The molecule has 1 N–H and O–H groups in total. The van der Waals surface area contributed by atoms with Gasteiger partial charge in [0.25, 0.3) is 0 Å². The van der Waals surface area contributed by atoms with Crippen molar-refractivity contribution >= 4 is 5.97 Å². The molecule has 1 aliphatic carbocycles. The van der Waals surface area contributed by atoms with Crippen molar-refractivity contribution in [1.29, 1.82) is 0 Å². The minimum atomic E-state index is -0.755. The Labute approximate surface area is 108 Å². The molecule has 0 spiro atoms. The summed E-state index contributed by atoms with van der Waals surface area (Å²) in [7, 11) is 1.95. The molecule has 18 heavy (non-hydrogen) atoms. The van der Waals surface area contributed by atoms with Gasteiger partial charge < -0.3 is 5.11 Å². The van der Waals surface area contributed by atoms with Crippen LogP contribution in [0.25, 0.3) is 0 Å². The number of carboxylic acids is 1. The lowest BCUT2D eigenvalue weighted by Gasteiger charge is -2.35. The fourth-order valence-electron chi connectivity index (χ4n) is 2.89. The van der Waals surface area contributed by atoms with Gasteiger partial charge in [0.05, 0.1) is 0 Å².